The molecule has 0 atom stereocenters. The third kappa shape index (κ3) is 5.31. The second kappa shape index (κ2) is 10.6. The van der Waals surface area contributed by atoms with Gasteiger partial charge >= 0.3 is 0 Å². The van der Waals surface area contributed by atoms with Crippen molar-refractivity contribution in [2.24, 2.45) is 0 Å². The third-order valence-corrected chi connectivity index (χ3v) is 5.91. The van der Waals surface area contributed by atoms with Gasteiger partial charge < -0.3 is 9.47 Å². The maximum atomic E-state index is 9.83. The van der Waals surface area contributed by atoms with Gasteiger partial charge in [-0.05, 0) is 43.2 Å². The van der Waals surface area contributed by atoms with Gasteiger partial charge in [0.1, 0.15) is 22.6 Å². The topological polar surface area (TPSA) is 55.1 Å². The van der Waals surface area contributed by atoms with Gasteiger partial charge in [-0.2, -0.15) is 5.26 Å². The highest BCUT2D eigenvalue weighted by molar-refractivity contribution is 7.11. The fourth-order valence-corrected chi connectivity index (χ4v) is 4.26. The first-order chi connectivity index (χ1) is 16.2. The summed E-state index contributed by atoms with van der Waals surface area (Å²) in [5, 5.41) is 12.5. The number of aromatic nitrogens is 1. The molecule has 0 aliphatic heterocycles. The summed E-state index contributed by atoms with van der Waals surface area (Å²) in [5.41, 5.74) is 5.53. The van der Waals surface area contributed by atoms with Gasteiger partial charge in [-0.3, -0.25) is 0 Å². The van der Waals surface area contributed by atoms with E-state index < -0.39 is 0 Å². The molecule has 0 saturated heterocycles. The summed E-state index contributed by atoms with van der Waals surface area (Å²) in [4.78, 5) is 4.74. The highest BCUT2D eigenvalue weighted by Crippen LogP contribution is 2.32. The van der Waals surface area contributed by atoms with Crippen molar-refractivity contribution in [3.05, 3.63) is 88.7 Å². The molecule has 0 bridgehead atoms. The van der Waals surface area contributed by atoms with Gasteiger partial charge in [-0.25, -0.2) is 4.98 Å². The predicted molar refractivity (Wildman–Crippen MR) is 135 cm³/mol. The van der Waals surface area contributed by atoms with Crippen molar-refractivity contribution in [1.82, 2.24) is 4.98 Å². The number of rotatable bonds is 8. The predicted octanol–water partition coefficient (Wildman–Crippen LogP) is 7.34. The molecule has 0 N–H and O–H groups in total. The van der Waals surface area contributed by atoms with E-state index in [-0.39, 0.29) is 0 Å². The van der Waals surface area contributed by atoms with E-state index >= 15 is 0 Å². The molecule has 0 fully saturated rings. The van der Waals surface area contributed by atoms with E-state index in [2.05, 4.69) is 42.5 Å². The molecule has 33 heavy (non-hydrogen) atoms. The summed E-state index contributed by atoms with van der Waals surface area (Å²) >= 11 is 1.46. The molecule has 0 saturated carbocycles. The number of hydrogen-bond acceptors (Lipinski definition) is 5. The Morgan fingerprint density at radius 2 is 1.61 bits per heavy atom. The van der Waals surface area contributed by atoms with Gasteiger partial charge in [0.2, 0.25) is 0 Å². The molecule has 1 aromatic heterocycles. The minimum Gasteiger partial charge on any atom is -0.494 e. The molecular formula is C28H24N2O2S. The second-order valence-electron chi connectivity index (χ2n) is 7.22. The van der Waals surface area contributed by atoms with Crippen LogP contribution in [0, 0.1) is 11.3 Å². The zero-order chi connectivity index (χ0) is 23.0. The highest BCUT2D eigenvalue weighted by atomic mass is 32.1. The van der Waals surface area contributed by atoms with Crippen molar-refractivity contribution < 1.29 is 9.47 Å². The van der Waals surface area contributed by atoms with Crippen LogP contribution >= 0.6 is 11.3 Å². The van der Waals surface area contributed by atoms with Crippen LogP contribution < -0.4 is 9.47 Å². The molecule has 1 heterocycles. The number of nitrogens with zero attached hydrogens (tertiary/aromatic N) is 2. The summed E-state index contributed by atoms with van der Waals surface area (Å²) < 4.78 is 11.4. The van der Waals surface area contributed by atoms with E-state index in [4.69, 9.17) is 14.5 Å². The van der Waals surface area contributed by atoms with Crippen LogP contribution in [0.2, 0.25) is 0 Å². The largest absolute Gasteiger partial charge is 0.494 e. The summed E-state index contributed by atoms with van der Waals surface area (Å²) in [6, 6.07) is 26.5. The zero-order valence-electron chi connectivity index (χ0n) is 18.6. The van der Waals surface area contributed by atoms with E-state index in [1.54, 1.807) is 0 Å². The molecule has 3 aromatic carbocycles. The molecule has 0 aliphatic carbocycles. The van der Waals surface area contributed by atoms with Crippen LogP contribution in [0.25, 0.3) is 34.0 Å². The summed E-state index contributed by atoms with van der Waals surface area (Å²) in [7, 11) is 0. The molecule has 4 aromatic rings. The van der Waals surface area contributed by atoms with Crippen LogP contribution in [0.15, 0.2) is 78.2 Å². The maximum absolute atomic E-state index is 9.83. The van der Waals surface area contributed by atoms with Gasteiger partial charge in [0.05, 0.1) is 24.5 Å². The summed E-state index contributed by atoms with van der Waals surface area (Å²) in [6.45, 7) is 4.98. The Morgan fingerprint density at radius 1 is 0.909 bits per heavy atom. The van der Waals surface area contributed by atoms with Gasteiger partial charge in [-0.1, -0.05) is 54.6 Å². The third-order valence-electron chi connectivity index (χ3n) is 5.04. The molecule has 5 heteroatoms. The average Bonchev–Trinajstić information content (AvgIpc) is 3.35. The lowest BCUT2D eigenvalue weighted by molar-refractivity contribution is 0.322. The SMILES string of the molecule is CCOc1ccc(C=C(C#N)c2nc(-c3ccc(-c4ccccc4)cc3)cs2)c(OCC)c1. The summed E-state index contributed by atoms with van der Waals surface area (Å²) in [6.07, 6.45) is 1.82. The normalized spacial score (nSPS) is 11.1. The van der Waals surface area contributed by atoms with Crippen LogP contribution in [0.5, 0.6) is 11.5 Å². The van der Waals surface area contributed by atoms with E-state index in [9.17, 15) is 5.26 Å². The van der Waals surface area contributed by atoms with Crippen molar-refractivity contribution in [1.29, 1.82) is 5.26 Å². The van der Waals surface area contributed by atoms with E-state index in [0.29, 0.717) is 29.5 Å². The molecule has 0 amide bonds. The lowest BCUT2D eigenvalue weighted by atomic mass is 10.0. The first kappa shape index (κ1) is 22.3. The quantitative estimate of drug-likeness (QED) is 0.262. The van der Waals surface area contributed by atoms with Crippen molar-refractivity contribution >= 4 is 23.0 Å². The molecule has 4 rings (SSSR count). The minimum absolute atomic E-state index is 0.497. The lowest BCUT2D eigenvalue weighted by Crippen LogP contribution is -1.97. The minimum atomic E-state index is 0.497. The molecule has 164 valence electrons. The number of hydrogen-bond donors (Lipinski definition) is 0. The Balaban J connectivity index is 1.61. The van der Waals surface area contributed by atoms with Crippen molar-refractivity contribution in [2.75, 3.05) is 13.2 Å². The number of nitriles is 1. The zero-order valence-corrected chi connectivity index (χ0v) is 19.4. The average molecular weight is 453 g/mol. The van der Waals surface area contributed by atoms with Crippen LogP contribution in [-0.4, -0.2) is 18.2 Å². The van der Waals surface area contributed by atoms with Crippen LogP contribution in [0.4, 0.5) is 0 Å². The number of ether oxygens (including phenoxy) is 2. The molecule has 0 aliphatic rings. The number of allylic oxidation sites excluding steroid dienone is 1. The Morgan fingerprint density at radius 3 is 2.30 bits per heavy atom. The van der Waals surface area contributed by atoms with Gasteiger partial charge in [0, 0.05) is 22.6 Å². The smallest absolute Gasteiger partial charge is 0.134 e. The Hall–Kier alpha value is -3.88. The molecule has 0 unspecified atom stereocenters. The molecular weight excluding hydrogens is 428 g/mol. The van der Waals surface area contributed by atoms with E-state index in [0.717, 1.165) is 28.1 Å². The monoisotopic (exact) mass is 452 g/mol. The lowest BCUT2D eigenvalue weighted by Gasteiger charge is -2.10. The van der Waals surface area contributed by atoms with Crippen molar-refractivity contribution in [3.63, 3.8) is 0 Å². The second-order valence-corrected chi connectivity index (χ2v) is 8.07. The van der Waals surface area contributed by atoms with Gasteiger partial charge in [0.15, 0.2) is 0 Å². The summed E-state index contributed by atoms with van der Waals surface area (Å²) in [5.74, 6) is 1.43. The highest BCUT2D eigenvalue weighted by Gasteiger charge is 2.12. The Labute approximate surface area is 198 Å². The van der Waals surface area contributed by atoms with Gasteiger partial charge in [-0.15, -0.1) is 11.3 Å². The Bertz CT molecular complexity index is 1290. The first-order valence-corrected chi connectivity index (χ1v) is 11.7. The standard InChI is InChI=1S/C28H24N2O2S/c1-3-31-25-15-14-23(27(17-25)32-4-2)16-24(18-29)28-30-26(19-33-28)22-12-10-21(11-13-22)20-8-6-5-7-9-20/h5-17,19H,3-4H2,1-2H3. The maximum Gasteiger partial charge on any atom is 0.134 e. The first-order valence-electron chi connectivity index (χ1n) is 10.8. The van der Waals surface area contributed by atoms with Crippen LogP contribution in [0.1, 0.15) is 24.4 Å². The van der Waals surface area contributed by atoms with Crippen LogP contribution in [0.3, 0.4) is 0 Å². The fraction of sp³-hybridized carbons (Fsp3) is 0.143. The molecule has 0 spiro atoms. The number of benzene rings is 3. The Kier molecular flexibility index (Phi) is 7.19. The molecule has 4 nitrogen and oxygen atoms in total. The number of thiazole rings is 1. The van der Waals surface area contributed by atoms with Crippen molar-refractivity contribution in [3.8, 4) is 40.0 Å². The van der Waals surface area contributed by atoms with Crippen molar-refractivity contribution in [2.45, 2.75) is 13.8 Å². The van der Waals surface area contributed by atoms with Gasteiger partial charge in [0.25, 0.3) is 0 Å². The van der Waals surface area contributed by atoms with E-state index in [1.807, 2.05) is 61.7 Å². The van der Waals surface area contributed by atoms with E-state index in [1.165, 1.54) is 16.9 Å². The van der Waals surface area contributed by atoms with Crippen LogP contribution in [-0.2, 0) is 0 Å². The molecule has 0 radical (unpaired) electrons. The fourth-order valence-electron chi connectivity index (χ4n) is 3.46.